The average Bonchev–Trinajstić information content (AvgIpc) is 3.35. The first-order valence-electron chi connectivity index (χ1n) is 8.11. The monoisotopic (exact) mass is 346 g/mol. The van der Waals surface area contributed by atoms with Gasteiger partial charge in [0.15, 0.2) is 5.16 Å². The van der Waals surface area contributed by atoms with Crippen LogP contribution in [0.15, 0.2) is 41.8 Å². The molecule has 0 N–H and O–H groups in total. The molecule has 0 spiro atoms. The van der Waals surface area contributed by atoms with Crippen molar-refractivity contribution >= 4 is 17.7 Å². The van der Waals surface area contributed by atoms with Gasteiger partial charge in [-0.3, -0.25) is 4.79 Å². The lowest BCUT2D eigenvalue weighted by molar-refractivity contribution is -0.129. The molecule has 1 aliphatic carbocycles. The molecule has 0 bridgehead atoms. The third kappa shape index (κ3) is 4.58. The minimum Gasteiger partial charge on any atom is -0.383 e. The van der Waals surface area contributed by atoms with Crippen molar-refractivity contribution in [3.8, 4) is 0 Å². The van der Waals surface area contributed by atoms with Crippen molar-refractivity contribution in [3.63, 3.8) is 0 Å². The fraction of sp³-hybridized carbons (Fsp3) is 0.471. The highest BCUT2D eigenvalue weighted by atomic mass is 32.2. The van der Waals surface area contributed by atoms with Crippen molar-refractivity contribution in [2.45, 2.75) is 37.1 Å². The van der Waals surface area contributed by atoms with Crippen molar-refractivity contribution < 1.29 is 9.53 Å². The van der Waals surface area contributed by atoms with Gasteiger partial charge in [-0.15, -0.1) is 10.2 Å². The maximum atomic E-state index is 12.7. The molecular weight excluding hydrogens is 324 g/mol. The van der Waals surface area contributed by atoms with Crippen LogP contribution in [0, 0.1) is 0 Å². The normalized spacial score (nSPS) is 13.9. The zero-order valence-corrected chi connectivity index (χ0v) is 14.6. The second kappa shape index (κ2) is 8.30. The predicted octanol–water partition coefficient (Wildman–Crippen LogP) is 2.21. The molecular formula is C17H22N4O2S. The van der Waals surface area contributed by atoms with Crippen LogP contribution in [0.5, 0.6) is 0 Å². The van der Waals surface area contributed by atoms with Gasteiger partial charge < -0.3 is 14.2 Å². The number of ether oxygens (including phenoxy) is 1. The molecule has 1 aromatic heterocycles. The number of hydrogen-bond donors (Lipinski definition) is 0. The van der Waals surface area contributed by atoms with Gasteiger partial charge in [0.1, 0.15) is 6.33 Å². The summed E-state index contributed by atoms with van der Waals surface area (Å²) in [6.07, 6.45) is 3.88. The Morgan fingerprint density at radius 3 is 2.88 bits per heavy atom. The Balaban J connectivity index is 1.57. The molecule has 0 aliphatic heterocycles. The molecule has 1 fully saturated rings. The van der Waals surface area contributed by atoms with Crippen LogP contribution in [0.1, 0.15) is 18.4 Å². The number of thioether (sulfide) groups is 1. The zero-order chi connectivity index (χ0) is 16.8. The topological polar surface area (TPSA) is 60.2 Å². The van der Waals surface area contributed by atoms with E-state index in [0.29, 0.717) is 31.5 Å². The first kappa shape index (κ1) is 17.0. The van der Waals surface area contributed by atoms with Gasteiger partial charge >= 0.3 is 0 Å². The third-order valence-electron chi connectivity index (χ3n) is 3.94. The second-order valence-electron chi connectivity index (χ2n) is 5.83. The summed E-state index contributed by atoms with van der Waals surface area (Å²) < 4.78 is 7.00. The van der Waals surface area contributed by atoms with Gasteiger partial charge in [-0.2, -0.15) is 0 Å². The van der Waals surface area contributed by atoms with Crippen molar-refractivity contribution in [3.05, 3.63) is 42.2 Å². The van der Waals surface area contributed by atoms with Crippen molar-refractivity contribution in [2.75, 3.05) is 19.5 Å². The molecule has 128 valence electrons. The number of nitrogens with zero attached hydrogens (tertiary/aromatic N) is 4. The number of benzene rings is 1. The maximum Gasteiger partial charge on any atom is 0.233 e. The lowest BCUT2D eigenvalue weighted by Gasteiger charge is -2.22. The fourth-order valence-electron chi connectivity index (χ4n) is 2.50. The average molecular weight is 346 g/mol. The van der Waals surface area contributed by atoms with Crippen molar-refractivity contribution in [1.82, 2.24) is 19.7 Å². The van der Waals surface area contributed by atoms with Crippen LogP contribution >= 0.6 is 11.8 Å². The van der Waals surface area contributed by atoms with Gasteiger partial charge in [0.05, 0.1) is 12.4 Å². The maximum absolute atomic E-state index is 12.7. The van der Waals surface area contributed by atoms with E-state index in [9.17, 15) is 4.79 Å². The minimum atomic E-state index is 0.160. The Morgan fingerprint density at radius 2 is 2.17 bits per heavy atom. The molecule has 0 radical (unpaired) electrons. The summed E-state index contributed by atoms with van der Waals surface area (Å²) in [6.45, 7) is 1.97. The van der Waals surface area contributed by atoms with Crippen LogP contribution in [0.3, 0.4) is 0 Å². The number of rotatable bonds is 9. The molecule has 1 aromatic carbocycles. The van der Waals surface area contributed by atoms with Crippen LogP contribution in [0.25, 0.3) is 0 Å². The largest absolute Gasteiger partial charge is 0.383 e. The molecule has 1 aliphatic rings. The summed E-state index contributed by atoms with van der Waals surface area (Å²) >= 11 is 1.44. The van der Waals surface area contributed by atoms with Crippen molar-refractivity contribution in [1.29, 1.82) is 0 Å². The van der Waals surface area contributed by atoms with E-state index in [1.807, 2.05) is 27.7 Å². The lowest BCUT2D eigenvalue weighted by atomic mass is 10.2. The van der Waals surface area contributed by atoms with Gasteiger partial charge in [-0.1, -0.05) is 42.1 Å². The van der Waals surface area contributed by atoms with Crippen LogP contribution in [-0.2, 0) is 22.6 Å². The quantitative estimate of drug-likeness (QED) is 0.652. The predicted molar refractivity (Wildman–Crippen MR) is 92.6 cm³/mol. The van der Waals surface area contributed by atoms with E-state index < -0.39 is 0 Å². The van der Waals surface area contributed by atoms with E-state index in [0.717, 1.165) is 18.0 Å². The Morgan fingerprint density at radius 1 is 1.38 bits per heavy atom. The number of methoxy groups -OCH3 is 1. The first-order chi connectivity index (χ1) is 11.8. The second-order valence-corrected chi connectivity index (χ2v) is 6.77. The fourth-order valence-corrected chi connectivity index (χ4v) is 3.32. The number of aromatic nitrogens is 3. The lowest BCUT2D eigenvalue weighted by Crippen LogP contribution is -2.34. The Kier molecular flexibility index (Phi) is 5.87. The van der Waals surface area contributed by atoms with Gasteiger partial charge in [-0.05, 0) is 18.4 Å². The summed E-state index contributed by atoms with van der Waals surface area (Å²) in [6, 6.07) is 10.5. The van der Waals surface area contributed by atoms with Gasteiger partial charge in [0.25, 0.3) is 0 Å². The number of amides is 1. The summed E-state index contributed by atoms with van der Waals surface area (Å²) in [5.74, 6) is 0.544. The van der Waals surface area contributed by atoms with Gasteiger partial charge in [0.2, 0.25) is 5.91 Å². The smallest absolute Gasteiger partial charge is 0.233 e. The molecule has 1 heterocycles. The minimum absolute atomic E-state index is 0.160. The van der Waals surface area contributed by atoms with Crippen LogP contribution in [0.2, 0.25) is 0 Å². The Labute approximate surface area is 146 Å². The van der Waals surface area contributed by atoms with Gasteiger partial charge in [-0.25, -0.2) is 0 Å². The first-order valence-corrected chi connectivity index (χ1v) is 9.09. The molecule has 0 atom stereocenters. The summed E-state index contributed by atoms with van der Waals surface area (Å²) in [4.78, 5) is 14.7. The molecule has 6 nitrogen and oxygen atoms in total. The summed E-state index contributed by atoms with van der Waals surface area (Å²) in [5, 5.41) is 8.78. The molecule has 0 saturated heterocycles. The van der Waals surface area contributed by atoms with Crippen LogP contribution < -0.4 is 0 Å². The number of carbonyl (C=O) groups excluding carboxylic acids is 1. The highest BCUT2D eigenvalue weighted by Crippen LogP contribution is 2.29. The third-order valence-corrected chi connectivity index (χ3v) is 4.91. The molecule has 24 heavy (non-hydrogen) atoms. The highest BCUT2D eigenvalue weighted by Gasteiger charge is 2.32. The molecule has 7 heteroatoms. The Hall–Kier alpha value is -1.86. The van der Waals surface area contributed by atoms with Crippen LogP contribution in [0.4, 0.5) is 0 Å². The Bertz CT molecular complexity index is 658. The van der Waals surface area contributed by atoms with E-state index in [1.54, 1.807) is 13.4 Å². The SMILES string of the molecule is COCCn1cnnc1SCC(=O)N(Cc1ccccc1)C1CC1. The number of carbonyl (C=O) groups is 1. The molecule has 2 aromatic rings. The van der Waals surface area contributed by atoms with Crippen molar-refractivity contribution in [2.24, 2.45) is 0 Å². The zero-order valence-electron chi connectivity index (χ0n) is 13.8. The van der Waals surface area contributed by atoms with E-state index in [-0.39, 0.29) is 5.91 Å². The van der Waals surface area contributed by atoms with E-state index in [1.165, 1.54) is 17.3 Å². The van der Waals surface area contributed by atoms with Crippen LogP contribution in [-0.4, -0.2) is 51.1 Å². The summed E-state index contributed by atoms with van der Waals surface area (Å²) in [5.41, 5.74) is 1.17. The standard InChI is InChI=1S/C17H22N4O2S/c1-23-10-9-20-13-18-19-17(20)24-12-16(22)21(15-7-8-15)11-14-5-3-2-4-6-14/h2-6,13,15H,7-12H2,1H3. The molecule has 0 unspecified atom stereocenters. The van der Waals surface area contributed by atoms with E-state index >= 15 is 0 Å². The summed E-state index contributed by atoms with van der Waals surface area (Å²) in [7, 11) is 1.66. The molecule has 3 rings (SSSR count). The molecule has 1 amide bonds. The van der Waals surface area contributed by atoms with E-state index in [4.69, 9.17) is 4.74 Å². The van der Waals surface area contributed by atoms with E-state index in [2.05, 4.69) is 22.3 Å². The van der Waals surface area contributed by atoms with Gasteiger partial charge in [0, 0.05) is 26.2 Å². The highest BCUT2D eigenvalue weighted by molar-refractivity contribution is 7.99. The number of hydrogen-bond acceptors (Lipinski definition) is 5. The molecule has 1 saturated carbocycles.